The minimum Gasteiger partial charge on any atom is -0.313 e. The van der Waals surface area contributed by atoms with Crippen molar-refractivity contribution in [1.82, 2.24) is 15.1 Å². The molecule has 7 heteroatoms. The average molecular weight is 294 g/mol. The van der Waals surface area contributed by atoms with Crippen LogP contribution in [0, 0.1) is 0 Å². The first-order valence-corrected chi connectivity index (χ1v) is 7.81. The molecule has 0 aliphatic carbocycles. The number of nitrogens with zero attached hydrogens (tertiary/aromatic N) is 2. The standard InChI is InChI=1S/C13H18N4O2S/c1-3-14-8-11-6-4-5-7-13(11)20(18,19)16-12-9-15-17(2)10-12/h4-7,9-10,14,16H,3,8H2,1-2H3. The predicted octanol–water partition coefficient (Wildman–Crippen LogP) is 1.33. The van der Waals surface area contributed by atoms with Crippen molar-refractivity contribution in [3.05, 3.63) is 42.2 Å². The van der Waals surface area contributed by atoms with Gasteiger partial charge in [0.2, 0.25) is 0 Å². The number of sulfonamides is 1. The smallest absolute Gasteiger partial charge is 0.262 e. The van der Waals surface area contributed by atoms with Crippen molar-refractivity contribution >= 4 is 15.7 Å². The van der Waals surface area contributed by atoms with Crippen molar-refractivity contribution in [2.24, 2.45) is 7.05 Å². The second-order valence-electron chi connectivity index (χ2n) is 4.40. The predicted molar refractivity (Wildman–Crippen MR) is 77.8 cm³/mol. The molecule has 1 aromatic carbocycles. The summed E-state index contributed by atoms with van der Waals surface area (Å²) in [4.78, 5) is 0.282. The summed E-state index contributed by atoms with van der Waals surface area (Å²) < 4.78 is 28.9. The molecule has 0 aliphatic heterocycles. The summed E-state index contributed by atoms with van der Waals surface area (Å²) in [5, 5.41) is 7.08. The highest BCUT2D eigenvalue weighted by Crippen LogP contribution is 2.19. The molecule has 0 spiro atoms. The van der Waals surface area contributed by atoms with Crippen LogP contribution in [0.3, 0.4) is 0 Å². The highest BCUT2D eigenvalue weighted by Gasteiger charge is 2.18. The lowest BCUT2D eigenvalue weighted by molar-refractivity contribution is 0.598. The zero-order valence-corrected chi connectivity index (χ0v) is 12.3. The Balaban J connectivity index is 2.29. The lowest BCUT2D eigenvalue weighted by Crippen LogP contribution is -2.18. The van der Waals surface area contributed by atoms with Crippen LogP contribution in [-0.2, 0) is 23.6 Å². The second-order valence-corrected chi connectivity index (χ2v) is 6.05. The van der Waals surface area contributed by atoms with E-state index in [0.29, 0.717) is 12.2 Å². The maximum Gasteiger partial charge on any atom is 0.262 e. The van der Waals surface area contributed by atoms with E-state index in [1.807, 2.05) is 13.0 Å². The molecule has 20 heavy (non-hydrogen) atoms. The van der Waals surface area contributed by atoms with Crippen molar-refractivity contribution in [2.45, 2.75) is 18.4 Å². The van der Waals surface area contributed by atoms with Crippen LogP contribution in [0.2, 0.25) is 0 Å². The van der Waals surface area contributed by atoms with Gasteiger partial charge in [0.25, 0.3) is 10.0 Å². The lowest BCUT2D eigenvalue weighted by Gasteiger charge is -2.11. The Morgan fingerprint density at radius 3 is 2.70 bits per heavy atom. The first kappa shape index (κ1) is 14.5. The summed E-state index contributed by atoms with van der Waals surface area (Å²) in [6.45, 7) is 3.27. The Bertz CT molecular complexity index is 679. The summed E-state index contributed by atoms with van der Waals surface area (Å²) in [7, 11) is -1.87. The zero-order chi connectivity index (χ0) is 14.6. The van der Waals surface area contributed by atoms with Crippen LogP contribution in [0.4, 0.5) is 5.69 Å². The van der Waals surface area contributed by atoms with Gasteiger partial charge in [0.15, 0.2) is 0 Å². The lowest BCUT2D eigenvalue weighted by atomic mass is 10.2. The van der Waals surface area contributed by atoms with Gasteiger partial charge in [-0.15, -0.1) is 0 Å². The van der Waals surface area contributed by atoms with E-state index in [1.54, 1.807) is 36.1 Å². The average Bonchev–Trinajstić information content (AvgIpc) is 2.81. The largest absolute Gasteiger partial charge is 0.313 e. The summed E-state index contributed by atoms with van der Waals surface area (Å²) in [5.74, 6) is 0. The first-order valence-electron chi connectivity index (χ1n) is 6.33. The molecule has 0 saturated heterocycles. The van der Waals surface area contributed by atoms with Crippen molar-refractivity contribution in [1.29, 1.82) is 0 Å². The van der Waals surface area contributed by atoms with Crippen LogP contribution in [-0.4, -0.2) is 24.7 Å². The minimum absolute atomic E-state index is 0.282. The third kappa shape index (κ3) is 3.37. The van der Waals surface area contributed by atoms with E-state index < -0.39 is 10.0 Å². The van der Waals surface area contributed by atoms with Gasteiger partial charge in [-0.25, -0.2) is 8.42 Å². The molecule has 0 amide bonds. The van der Waals surface area contributed by atoms with E-state index in [-0.39, 0.29) is 4.90 Å². The fourth-order valence-electron chi connectivity index (χ4n) is 1.86. The molecule has 0 bridgehead atoms. The number of rotatable bonds is 6. The number of hydrogen-bond donors (Lipinski definition) is 2. The van der Waals surface area contributed by atoms with Crippen molar-refractivity contribution in [2.75, 3.05) is 11.3 Å². The molecule has 2 aromatic rings. The normalized spacial score (nSPS) is 11.5. The number of anilines is 1. The van der Waals surface area contributed by atoms with Crippen LogP contribution in [0.1, 0.15) is 12.5 Å². The Kier molecular flexibility index (Phi) is 4.41. The van der Waals surface area contributed by atoms with Gasteiger partial charge in [-0.2, -0.15) is 5.10 Å². The van der Waals surface area contributed by atoms with Crippen LogP contribution in [0.5, 0.6) is 0 Å². The molecule has 1 aromatic heterocycles. The number of aromatic nitrogens is 2. The van der Waals surface area contributed by atoms with Crippen LogP contribution in [0.25, 0.3) is 0 Å². The molecule has 0 aliphatic rings. The third-order valence-electron chi connectivity index (χ3n) is 2.78. The monoisotopic (exact) mass is 294 g/mol. The van der Waals surface area contributed by atoms with Gasteiger partial charge in [0.05, 0.1) is 16.8 Å². The molecule has 2 rings (SSSR count). The van der Waals surface area contributed by atoms with Crippen molar-refractivity contribution in [3.63, 3.8) is 0 Å². The molecule has 0 atom stereocenters. The van der Waals surface area contributed by atoms with E-state index in [9.17, 15) is 8.42 Å². The number of aryl methyl sites for hydroxylation is 1. The maximum absolute atomic E-state index is 12.4. The Morgan fingerprint density at radius 2 is 2.05 bits per heavy atom. The molecular weight excluding hydrogens is 276 g/mol. The topological polar surface area (TPSA) is 76.0 Å². The van der Waals surface area contributed by atoms with E-state index in [0.717, 1.165) is 12.1 Å². The Hall–Kier alpha value is -1.86. The molecule has 0 saturated carbocycles. The molecule has 0 fully saturated rings. The highest BCUT2D eigenvalue weighted by atomic mass is 32.2. The van der Waals surface area contributed by atoms with Gasteiger partial charge in [-0.1, -0.05) is 25.1 Å². The number of benzene rings is 1. The summed E-state index contributed by atoms with van der Waals surface area (Å²) in [6.07, 6.45) is 3.09. The fraction of sp³-hybridized carbons (Fsp3) is 0.308. The van der Waals surface area contributed by atoms with Gasteiger partial charge in [-0.3, -0.25) is 9.40 Å². The van der Waals surface area contributed by atoms with Gasteiger partial charge in [0.1, 0.15) is 0 Å². The van der Waals surface area contributed by atoms with Gasteiger partial charge in [-0.05, 0) is 18.2 Å². The number of hydrogen-bond acceptors (Lipinski definition) is 4. The van der Waals surface area contributed by atoms with Crippen LogP contribution in [0.15, 0.2) is 41.6 Å². The molecule has 2 N–H and O–H groups in total. The van der Waals surface area contributed by atoms with E-state index in [1.165, 1.54) is 6.20 Å². The summed E-state index contributed by atoms with van der Waals surface area (Å²) >= 11 is 0. The quantitative estimate of drug-likeness (QED) is 0.843. The fourth-order valence-corrected chi connectivity index (χ4v) is 3.12. The van der Waals surface area contributed by atoms with Crippen molar-refractivity contribution < 1.29 is 8.42 Å². The van der Waals surface area contributed by atoms with Gasteiger partial charge < -0.3 is 5.32 Å². The van der Waals surface area contributed by atoms with Crippen LogP contribution < -0.4 is 10.0 Å². The Labute approximate surface area is 118 Å². The number of nitrogens with one attached hydrogen (secondary N) is 2. The first-order chi connectivity index (χ1) is 9.53. The molecule has 6 nitrogen and oxygen atoms in total. The van der Waals surface area contributed by atoms with Gasteiger partial charge >= 0.3 is 0 Å². The van der Waals surface area contributed by atoms with E-state index in [2.05, 4.69) is 15.1 Å². The highest BCUT2D eigenvalue weighted by molar-refractivity contribution is 7.92. The molecule has 0 unspecified atom stereocenters. The van der Waals surface area contributed by atoms with E-state index >= 15 is 0 Å². The Morgan fingerprint density at radius 1 is 1.30 bits per heavy atom. The second kappa shape index (κ2) is 6.06. The summed E-state index contributed by atoms with van der Waals surface area (Å²) in [5.41, 5.74) is 1.19. The molecular formula is C13H18N4O2S. The summed E-state index contributed by atoms with van der Waals surface area (Å²) in [6, 6.07) is 6.95. The maximum atomic E-state index is 12.4. The third-order valence-corrected chi connectivity index (χ3v) is 4.27. The molecule has 1 heterocycles. The molecule has 108 valence electrons. The SMILES string of the molecule is CCNCc1ccccc1S(=O)(=O)Nc1cnn(C)c1. The van der Waals surface area contributed by atoms with E-state index in [4.69, 9.17) is 0 Å². The zero-order valence-electron chi connectivity index (χ0n) is 11.5. The van der Waals surface area contributed by atoms with Crippen molar-refractivity contribution in [3.8, 4) is 0 Å². The molecule has 0 radical (unpaired) electrons. The van der Waals surface area contributed by atoms with Crippen LogP contribution >= 0.6 is 0 Å². The minimum atomic E-state index is -3.60. The van der Waals surface area contributed by atoms with Gasteiger partial charge in [0, 0.05) is 19.8 Å².